The lowest BCUT2D eigenvalue weighted by molar-refractivity contribution is 0.129. The van der Waals surface area contributed by atoms with Crippen molar-refractivity contribution in [3.8, 4) is 0 Å². The fourth-order valence-corrected chi connectivity index (χ4v) is 3.44. The van der Waals surface area contributed by atoms with E-state index < -0.39 is 0 Å². The van der Waals surface area contributed by atoms with E-state index in [1.807, 2.05) is 11.8 Å². The summed E-state index contributed by atoms with van der Waals surface area (Å²) < 4.78 is 9.56. The van der Waals surface area contributed by atoms with Gasteiger partial charge in [0.05, 0.1) is 6.10 Å². The summed E-state index contributed by atoms with van der Waals surface area (Å²) in [5, 5.41) is 8.54. The average Bonchev–Trinajstić information content (AvgIpc) is 2.91. The smallest absolute Gasteiger partial charge is 0.134 e. The van der Waals surface area contributed by atoms with Crippen molar-refractivity contribution in [1.29, 1.82) is 0 Å². The van der Waals surface area contributed by atoms with Crippen LogP contribution < -0.4 is 5.32 Å². The molecule has 2 rings (SSSR count). The fraction of sp³-hybridized carbons (Fsp3) is 0.800. The zero-order valence-electron chi connectivity index (χ0n) is 9.44. The lowest BCUT2D eigenvalue weighted by Crippen LogP contribution is -2.08. The Kier molecular flexibility index (Phi) is 4.87. The van der Waals surface area contributed by atoms with Crippen molar-refractivity contribution >= 4 is 28.3 Å². The molecular weight excluding hydrogens is 242 g/mol. The zero-order chi connectivity index (χ0) is 11.2. The quantitative estimate of drug-likeness (QED) is 0.850. The van der Waals surface area contributed by atoms with E-state index in [1.165, 1.54) is 24.4 Å². The number of ether oxygens (including phenoxy) is 1. The number of aromatic nitrogens is 2. The minimum absolute atomic E-state index is 0.458. The summed E-state index contributed by atoms with van der Waals surface area (Å²) in [6.45, 7) is 3.95. The SMILES string of the molecule is CCNc1snnc1CSCC1CCCO1. The lowest BCUT2D eigenvalue weighted by Gasteiger charge is -2.08. The Morgan fingerprint density at radius 1 is 1.62 bits per heavy atom. The first-order chi connectivity index (χ1) is 7.90. The molecule has 1 aromatic rings. The molecule has 0 saturated carbocycles. The molecule has 0 spiro atoms. The maximum Gasteiger partial charge on any atom is 0.134 e. The van der Waals surface area contributed by atoms with Crippen LogP contribution >= 0.6 is 23.3 Å². The minimum Gasteiger partial charge on any atom is -0.377 e. The second kappa shape index (κ2) is 6.42. The first-order valence-electron chi connectivity index (χ1n) is 5.64. The van der Waals surface area contributed by atoms with E-state index >= 15 is 0 Å². The normalized spacial score (nSPS) is 20.2. The minimum atomic E-state index is 0.458. The summed E-state index contributed by atoms with van der Waals surface area (Å²) in [4.78, 5) is 0. The summed E-state index contributed by atoms with van der Waals surface area (Å²) in [6, 6.07) is 0. The van der Waals surface area contributed by atoms with Gasteiger partial charge in [0, 0.05) is 36.2 Å². The number of anilines is 1. The van der Waals surface area contributed by atoms with Crippen molar-refractivity contribution < 1.29 is 4.74 Å². The molecule has 0 bridgehead atoms. The number of nitrogens with zero attached hydrogens (tertiary/aromatic N) is 2. The van der Waals surface area contributed by atoms with Gasteiger partial charge in [0.2, 0.25) is 0 Å². The summed E-state index contributed by atoms with van der Waals surface area (Å²) >= 11 is 3.33. The first-order valence-corrected chi connectivity index (χ1v) is 7.57. The number of rotatable bonds is 6. The number of nitrogens with one attached hydrogen (secondary N) is 1. The highest BCUT2D eigenvalue weighted by molar-refractivity contribution is 7.98. The van der Waals surface area contributed by atoms with E-state index in [0.717, 1.165) is 35.4 Å². The molecule has 16 heavy (non-hydrogen) atoms. The van der Waals surface area contributed by atoms with Crippen LogP contribution in [0.1, 0.15) is 25.5 Å². The van der Waals surface area contributed by atoms with E-state index in [9.17, 15) is 0 Å². The molecule has 0 amide bonds. The van der Waals surface area contributed by atoms with Crippen LogP contribution in [-0.4, -0.2) is 34.6 Å². The van der Waals surface area contributed by atoms with Crippen molar-refractivity contribution in [3.05, 3.63) is 5.69 Å². The van der Waals surface area contributed by atoms with Gasteiger partial charge in [-0.1, -0.05) is 4.49 Å². The van der Waals surface area contributed by atoms with Gasteiger partial charge in [0.25, 0.3) is 0 Å². The maximum atomic E-state index is 5.58. The molecule has 1 fully saturated rings. The molecule has 1 unspecified atom stereocenters. The third-order valence-corrected chi connectivity index (χ3v) is 4.27. The standard InChI is InChI=1S/C10H17N3OS2/c1-2-11-10-9(12-13-16-10)7-15-6-8-4-3-5-14-8/h8,11H,2-7H2,1H3. The van der Waals surface area contributed by atoms with Crippen molar-refractivity contribution in [1.82, 2.24) is 9.59 Å². The molecule has 1 aromatic heterocycles. The number of hydrogen-bond donors (Lipinski definition) is 1. The number of thioether (sulfide) groups is 1. The van der Waals surface area contributed by atoms with Gasteiger partial charge >= 0.3 is 0 Å². The largest absolute Gasteiger partial charge is 0.377 e. The van der Waals surface area contributed by atoms with Crippen LogP contribution in [-0.2, 0) is 10.5 Å². The molecule has 0 aliphatic carbocycles. The van der Waals surface area contributed by atoms with Gasteiger partial charge in [-0.15, -0.1) is 5.10 Å². The van der Waals surface area contributed by atoms with Crippen LogP contribution in [0, 0.1) is 0 Å². The van der Waals surface area contributed by atoms with Crippen LogP contribution in [0.4, 0.5) is 5.00 Å². The van der Waals surface area contributed by atoms with Crippen LogP contribution in [0.15, 0.2) is 0 Å². The van der Waals surface area contributed by atoms with Crippen molar-refractivity contribution in [3.63, 3.8) is 0 Å². The first kappa shape index (κ1) is 12.1. The predicted molar refractivity (Wildman–Crippen MR) is 69.2 cm³/mol. The Morgan fingerprint density at radius 2 is 2.56 bits per heavy atom. The Morgan fingerprint density at radius 3 is 3.31 bits per heavy atom. The summed E-state index contributed by atoms with van der Waals surface area (Å²) in [7, 11) is 0. The Labute approximate surface area is 104 Å². The zero-order valence-corrected chi connectivity index (χ0v) is 11.1. The molecule has 4 nitrogen and oxygen atoms in total. The highest BCUT2D eigenvalue weighted by Gasteiger charge is 2.16. The molecule has 1 aliphatic rings. The predicted octanol–water partition coefficient (Wildman–Crippen LogP) is 2.38. The van der Waals surface area contributed by atoms with Gasteiger partial charge in [-0.25, -0.2) is 0 Å². The molecule has 1 atom stereocenters. The molecule has 0 radical (unpaired) electrons. The van der Waals surface area contributed by atoms with Crippen LogP contribution in [0.3, 0.4) is 0 Å². The topological polar surface area (TPSA) is 47.0 Å². The third kappa shape index (κ3) is 3.33. The van der Waals surface area contributed by atoms with Gasteiger partial charge in [-0.3, -0.25) is 0 Å². The van der Waals surface area contributed by atoms with E-state index in [1.54, 1.807) is 0 Å². The average molecular weight is 259 g/mol. The van der Waals surface area contributed by atoms with Crippen LogP contribution in [0.5, 0.6) is 0 Å². The summed E-state index contributed by atoms with van der Waals surface area (Å²) in [5.41, 5.74) is 1.08. The molecule has 6 heteroatoms. The second-order valence-corrected chi connectivity index (χ2v) is 5.51. The molecule has 1 saturated heterocycles. The van der Waals surface area contributed by atoms with Gasteiger partial charge in [0.15, 0.2) is 0 Å². The van der Waals surface area contributed by atoms with Gasteiger partial charge in [-0.05, 0) is 19.8 Å². The molecule has 1 N–H and O–H groups in total. The summed E-state index contributed by atoms with van der Waals surface area (Å²) in [5.74, 6) is 2.00. The lowest BCUT2D eigenvalue weighted by atomic mass is 10.3. The molecule has 2 heterocycles. The van der Waals surface area contributed by atoms with Crippen molar-refractivity contribution in [2.24, 2.45) is 0 Å². The van der Waals surface area contributed by atoms with E-state index in [0.29, 0.717) is 6.10 Å². The van der Waals surface area contributed by atoms with E-state index in [-0.39, 0.29) is 0 Å². The molecule has 0 aromatic carbocycles. The molecule has 1 aliphatic heterocycles. The van der Waals surface area contributed by atoms with Gasteiger partial charge in [-0.2, -0.15) is 11.8 Å². The highest BCUT2D eigenvalue weighted by atomic mass is 32.2. The van der Waals surface area contributed by atoms with Crippen LogP contribution in [0.25, 0.3) is 0 Å². The second-order valence-electron chi connectivity index (χ2n) is 3.73. The van der Waals surface area contributed by atoms with Crippen molar-refractivity contribution in [2.45, 2.75) is 31.6 Å². The highest BCUT2D eigenvalue weighted by Crippen LogP contribution is 2.24. The van der Waals surface area contributed by atoms with Gasteiger partial charge in [0.1, 0.15) is 10.7 Å². The van der Waals surface area contributed by atoms with E-state index in [4.69, 9.17) is 4.74 Å². The monoisotopic (exact) mass is 259 g/mol. The van der Waals surface area contributed by atoms with Crippen molar-refractivity contribution in [2.75, 3.05) is 24.2 Å². The molecule has 90 valence electrons. The van der Waals surface area contributed by atoms with E-state index in [2.05, 4.69) is 21.8 Å². The van der Waals surface area contributed by atoms with Crippen LogP contribution in [0.2, 0.25) is 0 Å². The molecular formula is C10H17N3OS2. The third-order valence-electron chi connectivity index (χ3n) is 2.46. The van der Waals surface area contributed by atoms with Gasteiger partial charge < -0.3 is 10.1 Å². The maximum absolute atomic E-state index is 5.58. The summed E-state index contributed by atoms with van der Waals surface area (Å²) in [6.07, 6.45) is 2.88. The Balaban J connectivity index is 1.73. The Hall–Kier alpha value is -0.330. The fourth-order valence-electron chi connectivity index (χ4n) is 1.66. The number of hydrogen-bond acceptors (Lipinski definition) is 6. The Bertz CT molecular complexity index is 313.